The van der Waals surface area contributed by atoms with Crippen LogP contribution < -0.4 is 5.32 Å². The molecule has 0 bridgehead atoms. The summed E-state index contributed by atoms with van der Waals surface area (Å²) in [5.41, 5.74) is -0.857. The van der Waals surface area contributed by atoms with Gasteiger partial charge in [-0.2, -0.15) is 5.26 Å². The summed E-state index contributed by atoms with van der Waals surface area (Å²) in [6.07, 6.45) is 4.05. The molecule has 0 aliphatic heterocycles. The standard InChI is InChI=1S/C18H20F2N2O3S/c19-14-5-4-13(10-15(14)20)26-9-6-17(24)25-11-16(23)22-18(12-21)7-2-1-3-8-18/h4-5,10H,1-3,6-9,11H2,(H,22,23). The van der Waals surface area contributed by atoms with Crippen LogP contribution in [0.3, 0.4) is 0 Å². The highest BCUT2D eigenvalue weighted by Gasteiger charge is 2.33. The Morgan fingerprint density at radius 1 is 1.23 bits per heavy atom. The van der Waals surface area contributed by atoms with Gasteiger partial charge >= 0.3 is 5.97 Å². The van der Waals surface area contributed by atoms with E-state index in [0.29, 0.717) is 23.5 Å². The number of hydrogen-bond donors (Lipinski definition) is 1. The van der Waals surface area contributed by atoms with E-state index in [1.807, 2.05) is 0 Å². The molecule has 5 nitrogen and oxygen atoms in total. The number of esters is 1. The van der Waals surface area contributed by atoms with Crippen molar-refractivity contribution in [3.8, 4) is 6.07 Å². The monoisotopic (exact) mass is 382 g/mol. The fourth-order valence-electron chi connectivity index (χ4n) is 2.76. The molecule has 1 aliphatic rings. The summed E-state index contributed by atoms with van der Waals surface area (Å²) in [6, 6.07) is 5.67. The third kappa shape index (κ3) is 5.99. The second-order valence-electron chi connectivity index (χ2n) is 6.14. The Bertz CT molecular complexity index is 700. The van der Waals surface area contributed by atoms with Crippen molar-refractivity contribution in [3.05, 3.63) is 29.8 Å². The van der Waals surface area contributed by atoms with Crippen LogP contribution in [-0.4, -0.2) is 29.8 Å². The van der Waals surface area contributed by atoms with Gasteiger partial charge in [-0.05, 0) is 31.0 Å². The van der Waals surface area contributed by atoms with E-state index in [4.69, 9.17) is 4.74 Å². The van der Waals surface area contributed by atoms with E-state index in [1.165, 1.54) is 17.8 Å². The molecule has 8 heteroatoms. The highest BCUT2D eigenvalue weighted by Crippen LogP contribution is 2.27. The van der Waals surface area contributed by atoms with Crippen LogP contribution in [0.2, 0.25) is 0 Å². The Hall–Kier alpha value is -2.14. The Labute approximate surface area is 155 Å². The van der Waals surface area contributed by atoms with Gasteiger partial charge in [0.05, 0.1) is 12.5 Å². The van der Waals surface area contributed by atoms with Gasteiger partial charge in [0.1, 0.15) is 5.54 Å². The molecule has 1 N–H and O–H groups in total. The molecule has 2 rings (SSSR count). The van der Waals surface area contributed by atoms with Crippen molar-refractivity contribution < 1.29 is 23.1 Å². The first kappa shape index (κ1) is 20.2. The van der Waals surface area contributed by atoms with E-state index in [0.717, 1.165) is 31.4 Å². The first-order chi connectivity index (χ1) is 12.4. The summed E-state index contributed by atoms with van der Waals surface area (Å²) in [6.45, 7) is -0.432. The van der Waals surface area contributed by atoms with Gasteiger partial charge in [0.2, 0.25) is 0 Å². The van der Waals surface area contributed by atoms with Crippen molar-refractivity contribution in [3.63, 3.8) is 0 Å². The van der Waals surface area contributed by atoms with Gasteiger partial charge in [0, 0.05) is 10.6 Å². The Kier molecular flexibility index (Phi) is 7.39. The fraction of sp³-hybridized carbons (Fsp3) is 0.500. The minimum Gasteiger partial charge on any atom is -0.456 e. The van der Waals surface area contributed by atoms with Gasteiger partial charge in [0.15, 0.2) is 18.2 Å². The minimum absolute atomic E-state index is 0.0281. The molecule has 1 aromatic rings. The first-order valence-electron chi connectivity index (χ1n) is 8.40. The lowest BCUT2D eigenvalue weighted by molar-refractivity contribution is -0.148. The maximum absolute atomic E-state index is 13.1. The highest BCUT2D eigenvalue weighted by molar-refractivity contribution is 7.99. The van der Waals surface area contributed by atoms with Gasteiger partial charge < -0.3 is 10.1 Å². The number of benzene rings is 1. The SMILES string of the molecule is N#CC1(NC(=O)COC(=O)CCSc2ccc(F)c(F)c2)CCCCC1. The summed E-state index contributed by atoms with van der Waals surface area (Å²) >= 11 is 1.19. The molecule has 0 aromatic heterocycles. The molecular weight excluding hydrogens is 362 g/mol. The zero-order valence-electron chi connectivity index (χ0n) is 14.2. The maximum atomic E-state index is 13.1. The van der Waals surface area contributed by atoms with E-state index in [-0.39, 0.29) is 6.42 Å². The molecule has 0 radical (unpaired) electrons. The average molecular weight is 382 g/mol. The average Bonchev–Trinajstić information content (AvgIpc) is 2.64. The number of carbonyl (C=O) groups excluding carboxylic acids is 2. The predicted octanol–water partition coefficient (Wildman–Crippen LogP) is 3.33. The van der Waals surface area contributed by atoms with Crippen LogP contribution in [0.4, 0.5) is 8.78 Å². The molecule has 1 aromatic carbocycles. The molecule has 0 saturated heterocycles. The van der Waals surface area contributed by atoms with E-state index in [9.17, 15) is 23.6 Å². The summed E-state index contributed by atoms with van der Waals surface area (Å²) in [4.78, 5) is 24.1. The number of halogens is 2. The van der Waals surface area contributed by atoms with Crippen molar-refractivity contribution in [2.24, 2.45) is 0 Å². The number of carbonyl (C=O) groups is 2. The number of nitrogens with one attached hydrogen (secondary N) is 1. The summed E-state index contributed by atoms with van der Waals surface area (Å²) < 4.78 is 30.8. The quantitative estimate of drug-likeness (QED) is 0.578. The molecule has 1 saturated carbocycles. The first-order valence-corrected chi connectivity index (χ1v) is 9.38. The number of hydrogen-bond acceptors (Lipinski definition) is 5. The van der Waals surface area contributed by atoms with Crippen molar-refractivity contribution in [2.75, 3.05) is 12.4 Å². The van der Waals surface area contributed by atoms with E-state index >= 15 is 0 Å². The molecule has 1 aliphatic carbocycles. The molecule has 1 amide bonds. The van der Waals surface area contributed by atoms with Crippen LogP contribution in [0, 0.1) is 23.0 Å². The zero-order chi connectivity index (χ0) is 19.0. The third-order valence-corrected chi connectivity index (χ3v) is 5.13. The normalized spacial score (nSPS) is 15.7. The van der Waals surface area contributed by atoms with Gasteiger partial charge in [-0.3, -0.25) is 9.59 Å². The smallest absolute Gasteiger partial charge is 0.307 e. The molecule has 140 valence electrons. The van der Waals surface area contributed by atoms with Crippen LogP contribution in [0.25, 0.3) is 0 Å². The number of rotatable bonds is 7. The lowest BCUT2D eigenvalue weighted by Gasteiger charge is -2.31. The fourth-order valence-corrected chi connectivity index (χ4v) is 3.62. The Morgan fingerprint density at radius 3 is 2.62 bits per heavy atom. The lowest BCUT2D eigenvalue weighted by atomic mass is 9.83. The second-order valence-corrected chi connectivity index (χ2v) is 7.31. The van der Waals surface area contributed by atoms with Crippen LogP contribution >= 0.6 is 11.8 Å². The van der Waals surface area contributed by atoms with Crippen LogP contribution in [-0.2, 0) is 14.3 Å². The number of ether oxygens (including phenoxy) is 1. The van der Waals surface area contributed by atoms with Crippen molar-refractivity contribution >= 4 is 23.6 Å². The van der Waals surface area contributed by atoms with Crippen LogP contribution in [0.1, 0.15) is 38.5 Å². The summed E-state index contributed by atoms with van der Waals surface area (Å²) in [5, 5.41) is 12.0. The van der Waals surface area contributed by atoms with E-state index in [1.54, 1.807) is 0 Å². The number of thioether (sulfide) groups is 1. The largest absolute Gasteiger partial charge is 0.456 e. The van der Waals surface area contributed by atoms with Crippen molar-refractivity contribution in [1.29, 1.82) is 5.26 Å². The van der Waals surface area contributed by atoms with Gasteiger partial charge in [-0.25, -0.2) is 8.78 Å². The predicted molar refractivity (Wildman–Crippen MR) is 92.2 cm³/mol. The van der Waals surface area contributed by atoms with E-state index in [2.05, 4.69) is 11.4 Å². The Morgan fingerprint density at radius 2 is 1.96 bits per heavy atom. The van der Waals surface area contributed by atoms with Crippen molar-refractivity contribution in [2.45, 2.75) is 49.0 Å². The number of amides is 1. The number of nitriles is 1. The molecular formula is C18H20F2N2O3S. The topological polar surface area (TPSA) is 79.2 Å². The van der Waals surface area contributed by atoms with Gasteiger partial charge in [-0.15, -0.1) is 11.8 Å². The summed E-state index contributed by atoms with van der Waals surface area (Å²) in [5.74, 6) is -2.61. The van der Waals surface area contributed by atoms with Crippen molar-refractivity contribution in [1.82, 2.24) is 5.32 Å². The van der Waals surface area contributed by atoms with Gasteiger partial charge in [-0.1, -0.05) is 19.3 Å². The maximum Gasteiger partial charge on any atom is 0.307 e. The summed E-state index contributed by atoms with van der Waals surface area (Å²) in [7, 11) is 0. The zero-order valence-corrected chi connectivity index (χ0v) is 15.0. The Balaban J connectivity index is 1.68. The lowest BCUT2D eigenvalue weighted by Crippen LogP contribution is -2.50. The van der Waals surface area contributed by atoms with Gasteiger partial charge in [0.25, 0.3) is 5.91 Å². The number of nitrogens with zero attached hydrogens (tertiary/aromatic N) is 1. The third-order valence-electron chi connectivity index (χ3n) is 4.13. The molecule has 0 heterocycles. The van der Waals surface area contributed by atoms with Crippen LogP contribution in [0.15, 0.2) is 23.1 Å². The molecule has 0 atom stereocenters. The minimum atomic E-state index is -0.941. The second kappa shape index (κ2) is 9.53. The highest BCUT2D eigenvalue weighted by atomic mass is 32.2. The molecule has 0 unspecified atom stereocenters. The molecule has 0 spiro atoms. The van der Waals surface area contributed by atoms with Crippen LogP contribution in [0.5, 0.6) is 0 Å². The molecule has 1 fully saturated rings. The molecule has 26 heavy (non-hydrogen) atoms. The van der Waals surface area contributed by atoms with E-state index < -0.39 is 35.7 Å².